The summed E-state index contributed by atoms with van der Waals surface area (Å²) in [6.45, 7) is 4.04. The minimum absolute atomic E-state index is 0.244. The molecular weight excluding hydrogens is 431 g/mol. The fourth-order valence-corrected chi connectivity index (χ4v) is 3.23. The molecule has 1 aromatic carbocycles. The SMILES string of the molecule is CCn1ncc(Br)c1CN(C)C(=S)Nc1cnn(Cc2ccc(F)cc2)c1. The zero-order valence-corrected chi connectivity index (χ0v) is 17.5. The first-order chi connectivity index (χ1) is 13.0. The van der Waals surface area contributed by atoms with Crippen LogP contribution in [-0.4, -0.2) is 36.6 Å². The van der Waals surface area contributed by atoms with Crippen LogP contribution >= 0.6 is 28.1 Å². The van der Waals surface area contributed by atoms with Crippen LogP contribution in [-0.2, 0) is 19.6 Å². The minimum Gasteiger partial charge on any atom is -0.346 e. The van der Waals surface area contributed by atoms with E-state index >= 15 is 0 Å². The number of aryl methyl sites for hydroxylation is 1. The lowest BCUT2D eigenvalue weighted by atomic mass is 10.2. The normalized spacial score (nSPS) is 10.8. The second-order valence-corrected chi connectivity index (χ2v) is 7.34. The Bertz CT molecular complexity index is 920. The Morgan fingerprint density at radius 2 is 2.00 bits per heavy atom. The second kappa shape index (κ2) is 8.62. The Kier molecular flexibility index (Phi) is 6.22. The molecule has 0 aliphatic carbocycles. The maximum Gasteiger partial charge on any atom is 0.173 e. The monoisotopic (exact) mass is 450 g/mol. The number of benzene rings is 1. The van der Waals surface area contributed by atoms with Gasteiger partial charge in [-0.05, 0) is 52.8 Å². The van der Waals surface area contributed by atoms with Crippen LogP contribution in [0.2, 0.25) is 0 Å². The summed E-state index contributed by atoms with van der Waals surface area (Å²) >= 11 is 9.03. The van der Waals surface area contributed by atoms with Gasteiger partial charge in [0, 0.05) is 19.8 Å². The maximum atomic E-state index is 13.0. The third-order valence-corrected chi connectivity index (χ3v) is 5.15. The number of aromatic nitrogens is 4. The van der Waals surface area contributed by atoms with Crippen LogP contribution in [0.5, 0.6) is 0 Å². The fraction of sp³-hybridized carbons (Fsp3) is 0.278. The molecule has 0 radical (unpaired) electrons. The van der Waals surface area contributed by atoms with E-state index in [1.165, 1.54) is 12.1 Å². The van der Waals surface area contributed by atoms with Crippen molar-refractivity contribution >= 4 is 38.9 Å². The van der Waals surface area contributed by atoms with Gasteiger partial charge in [0.15, 0.2) is 5.11 Å². The lowest BCUT2D eigenvalue weighted by molar-refractivity contribution is 0.470. The van der Waals surface area contributed by atoms with Gasteiger partial charge in [-0.3, -0.25) is 9.36 Å². The number of halogens is 2. The second-order valence-electron chi connectivity index (χ2n) is 6.09. The molecule has 0 amide bonds. The Morgan fingerprint density at radius 3 is 2.70 bits per heavy atom. The zero-order chi connectivity index (χ0) is 19.4. The van der Waals surface area contributed by atoms with E-state index in [0.29, 0.717) is 18.2 Å². The van der Waals surface area contributed by atoms with Crippen molar-refractivity contribution < 1.29 is 4.39 Å². The van der Waals surface area contributed by atoms with Crippen molar-refractivity contribution in [2.24, 2.45) is 0 Å². The molecule has 0 saturated carbocycles. The van der Waals surface area contributed by atoms with Crippen molar-refractivity contribution in [1.29, 1.82) is 0 Å². The molecule has 27 heavy (non-hydrogen) atoms. The van der Waals surface area contributed by atoms with Gasteiger partial charge in [-0.1, -0.05) is 12.1 Å². The summed E-state index contributed by atoms with van der Waals surface area (Å²) in [6.07, 6.45) is 5.38. The largest absolute Gasteiger partial charge is 0.346 e. The predicted octanol–water partition coefficient (Wildman–Crippen LogP) is 3.88. The molecule has 3 rings (SSSR count). The number of rotatable bonds is 6. The van der Waals surface area contributed by atoms with Crippen molar-refractivity contribution in [3.05, 3.63) is 64.4 Å². The van der Waals surface area contributed by atoms with E-state index in [0.717, 1.165) is 28.0 Å². The van der Waals surface area contributed by atoms with Gasteiger partial charge in [-0.15, -0.1) is 0 Å². The zero-order valence-electron chi connectivity index (χ0n) is 15.1. The van der Waals surface area contributed by atoms with Crippen molar-refractivity contribution in [1.82, 2.24) is 24.5 Å². The van der Waals surface area contributed by atoms with Crippen LogP contribution in [0.4, 0.5) is 10.1 Å². The highest BCUT2D eigenvalue weighted by atomic mass is 79.9. The molecular formula is C18H20BrFN6S. The van der Waals surface area contributed by atoms with Gasteiger partial charge in [0.1, 0.15) is 5.82 Å². The molecule has 2 aromatic heterocycles. The Labute approximate surface area is 171 Å². The summed E-state index contributed by atoms with van der Waals surface area (Å²) in [7, 11) is 1.93. The average Bonchev–Trinajstić information content (AvgIpc) is 3.23. The van der Waals surface area contributed by atoms with E-state index in [-0.39, 0.29) is 5.82 Å². The van der Waals surface area contributed by atoms with Crippen LogP contribution in [0, 0.1) is 5.82 Å². The molecule has 0 aliphatic rings. The number of nitrogens with zero attached hydrogens (tertiary/aromatic N) is 5. The smallest absolute Gasteiger partial charge is 0.173 e. The molecule has 0 unspecified atom stereocenters. The highest BCUT2D eigenvalue weighted by Crippen LogP contribution is 2.18. The first kappa shape index (κ1) is 19.5. The van der Waals surface area contributed by atoms with Crippen LogP contribution in [0.25, 0.3) is 0 Å². The minimum atomic E-state index is -0.244. The standard InChI is InChI=1S/C18H20BrFN6S/c1-3-26-17(16(19)9-22-26)12-24(2)18(27)23-15-8-21-25(11-15)10-13-4-6-14(20)7-5-13/h4-9,11H,3,10,12H2,1-2H3,(H,23,27). The van der Waals surface area contributed by atoms with Gasteiger partial charge >= 0.3 is 0 Å². The van der Waals surface area contributed by atoms with Gasteiger partial charge in [0.25, 0.3) is 0 Å². The highest BCUT2D eigenvalue weighted by Gasteiger charge is 2.13. The molecule has 9 heteroatoms. The summed E-state index contributed by atoms with van der Waals surface area (Å²) in [4.78, 5) is 1.95. The summed E-state index contributed by atoms with van der Waals surface area (Å²) in [5, 5.41) is 12.4. The topological polar surface area (TPSA) is 50.9 Å². The van der Waals surface area contributed by atoms with Crippen LogP contribution < -0.4 is 5.32 Å². The molecule has 0 spiro atoms. The summed E-state index contributed by atoms with van der Waals surface area (Å²) in [6, 6.07) is 6.39. The van der Waals surface area contributed by atoms with E-state index in [4.69, 9.17) is 12.2 Å². The van der Waals surface area contributed by atoms with E-state index in [2.05, 4.69) is 38.4 Å². The first-order valence-corrected chi connectivity index (χ1v) is 9.65. The number of hydrogen-bond acceptors (Lipinski definition) is 3. The number of hydrogen-bond donors (Lipinski definition) is 1. The maximum absolute atomic E-state index is 13.0. The van der Waals surface area contributed by atoms with E-state index in [1.54, 1.807) is 29.2 Å². The number of thiocarbonyl (C=S) groups is 1. The lowest BCUT2D eigenvalue weighted by Crippen LogP contribution is -2.31. The summed E-state index contributed by atoms with van der Waals surface area (Å²) in [5.41, 5.74) is 2.84. The predicted molar refractivity (Wildman–Crippen MR) is 111 cm³/mol. The molecule has 6 nitrogen and oxygen atoms in total. The van der Waals surface area contributed by atoms with Crippen molar-refractivity contribution in [2.45, 2.75) is 26.6 Å². The summed E-state index contributed by atoms with van der Waals surface area (Å²) < 4.78 is 17.7. The molecule has 1 N–H and O–H groups in total. The Morgan fingerprint density at radius 1 is 1.26 bits per heavy atom. The van der Waals surface area contributed by atoms with Crippen LogP contribution in [0.3, 0.4) is 0 Å². The fourth-order valence-electron chi connectivity index (χ4n) is 2.62. The highest BCUT2D eigenvalue weighted by molar-refractivity contribution is 9.10. The van der Waals surface area contributed by atoms with Gasteiger partial charge in [0.2, 0.25) is 0 Å². The van der Waals surface area contributed by atoms with E-state index in [9.17, 15) is 4.39 Å². The van der Waals surface area contributed by atoms with Gasteiger partial charge in [-0.25, -0.2) is 4.39 Å². The van der Waals surface area contributed by atoms with E-state index in [1.807, 2.05) is 22.8 Å². The molecule has 0 atom stereocenters. The molecule has 0 aliphatic heterocycles. The molecule has 0 saturated heterocycles. The number of anilines is 1. The van der Waals surface area contributed by atoms with Crippen LogP contribution in [0.15, 0.2) is 47.3 Å². The molecule has 0 fully saturated rings. The van der Waals surface area contributed by atoms with Crippen LogP contribution in [0.1, 0.15) is 18.2 Å². The average molecular weight is 451 g/mol. The quantitative estimate of drug-likeness (QED) is 0.577. The third-order valence-electron chi connectivity index (χ3n) is 4.07. The van der Waals surface area contributed by atoms with Crippen molar-refractivity contribution in [2.75, 3.05) is 12.4 Å². The molecule has 0 bridgehead atoms. The number of nitrogens with one attached hydrogen (secondary N) is 1. The lowest BCUT2D eigenvalue weighted by Gasteiger charge is -2.21. The van der Waals surface area contributed by atoms with Gasteiger partial charge < -0.3 is 10.2 Å². The Balaban J connectivity index is 1.60. The Hall–Kier alpha value is -2.26. The molecule has 142 valence electrons. The van der Waals surface area contributed by atoms with Crippen molar-refractivity contribution in [3.63, 3.8) is 0 Å². The third kappa shape index (κ3) is 4.92. The summed E-state index contributed by atoms with van der Waals surface area (Å²) in [5.74, 6) is -0.244. The van der Waals surface area contributed by atoms with E-state index < -0.39 is 0 Å². The molecule has 3 aromatic rings. The molecule has 2 heterocycles. The van der Waals surface area contributed by atoms with Gasteiger partial charge in [-0.2, -0.15) is 10.2 Å². The van der Waals surface area contributed by atoms with Crippen molar-refractivity contribution in [3.8, 4) is 0 Å². The first-order valence-electron chi connectivity index (χ1n) is 8.45. The van der Waals surface area contributed by atoms with Gasteiger partial charge in [0.05, 0.1) is 41.3 Å².